The smallest absolute Gasteiger partial charge is 0.335 e. The maximum atomic E-state index is 10.1. The fourth-order valence-electron chi connectivity index (χ4n) is 0.729. The summed E-state index contributed by atoms with van der Waals surface area (Å²) >= 11 is 0. The van der Waals surface area contributed by atoms with Crippen LogP contribution in [-0.2, 0) is 4.79 Å². The zero-order valence-electron chi connectivity index (χ0n) is 9.63. The Morgan fingerprint density at radius 3 is 2.00 bits per heavy atom. The van der Waals surface area contributed by atoms with Gasteiger partial charge in [-0.05, 0) is 0 Å². The number of hydrogen-bond acceptors (Lipinski definition) is 8. The van der Waals surface area contributed by atoms with Gasteiger partial charge in [0.25, 0.3) is 0 Å². The molecule has 0 unspecified atom stereocenters. The number of aliphatic hydroxyl groups is 5. The van der Waals surface area contributed by atoms with Crippen LogP contribution in [0.25, 0.3) is 0 Å². The Kier molecular flexibility index (Phi) is 10.2. The number of carbonyl (C=O) groups is 1. The highest BCUT2D eigenvalue weighted by Gasteiger charge is 2.33. The Balaban J connectivity index is 0. The topological polar surface area (TPSA) is 224 Å². The van der Waals surface area contributed by atoms with E-state index in [1.54, 1.807) is 0 Å². The van der Waals surface area contributed by atoms with Gasteiger partial charge in [0.2, 0.25) is 0 Å². The second-order valence-electron chi connectivity index (χ2n) is 3.16. The van der Waals surface area contributed by atoms with E-state index in [0.717, 1.165) is 0 Å². The van der Waals surface area contributed by atoms with Crippen LogP contribution in [0, 0.1) is 16.9 Å². The summed E-state index contributed by atoms with van der Waals surface area (Å²) < 4.78 is 0. The number of hydrogen-bond donors (Lipinski definition) is 9. The fraction of sp³-hybridized carbons (Fsp3) is 0.625. The molecule has 0 amide bonds. The second kappa shape index (κ2) is 10.00. The summed E-state index contributed by atoms with van der Waals surface area (Å²) in [6, 6.07) is 0. The third-order valence-corrected chi connectivity index (χ3v) is 1.70. The molecule has 0 radical (unpaired) electrons. The minimum atomic E-state index is -2.20. The van der Waals surface area contributed by atoms with Gasteiger partial charge >= 0.3 is 5.97 Å². The molecule has 0 saturated carbocycles. The maximum absolute atomic E-state index is 10.1. The van der Waals surface area contributed by atoms with Gasteiger partial charge in [-0.25, -0.2) is 4.79 Å². The number of aliphatic carboxylic acids is 1. The molecule has 0 bridgehead atoms. The molecular formula is C8H16N4O7. The summed E-state index contributed by atoms with van der Waals surface area (Å²) in [6.07, 6.45) is -6.37. The van der Waals surface area contributed by atoms with Crippen molar-refractivity contribution >= 4 is 11.9 Å². The first-order valence-corrected chi connectivity index (χ1v) is 4.74. The lowest BCUT2D eigenvalue weighted by atomic mass is 10.0. The van der Waals surface area contributed by atoms with Crippen LogP contribution in [0.15, 0.2) is 0 Å². The molecule has 0 fully saturated rings. The number of rotatable bonds is 5. The number of nitrogens with zero attached hydrogens (tertiary/aromatic N) is 1. The van der Waals surface area contributed by atoms with Gasteiger partial charge in [0, 0.05) is 0 Å². The highest BCUT2D eigenvalue weighted by molar-refractivity contribution is 5.75. The van der Waals surface area contributed by atoms with E-state index in [1.165, 1.54) is 6.19 Å². The highest BCUT2D eigenvalue weighted by atomic mass is 16.4. The van der Waals surface area contributed by atoms with Crippen molar-refractivity contribution in [1.29, 1.82) is 10.7 Å². The standard InChI is InChI=1S/C6H12O7.C2H4N4/c7-1-2(8)3(9)4(10)5(11)6(12)13;3-1-6-2(4)5/h2-5,7-11H,1H2,(H,12,13);(H4,4,5,6)/t2-,3-,4+,5-;/m1./s1. The molecule has 10 N–H and O–H groups in total. The highest BCUT2D eigenvalue weighted by Crippen LogP contribution is 2.04. The van der Waals surface area contributed by atoms with Crippen molar-refractivity contribution in [1.82, 2.24) is 5.32 Å². The van der Waals surface area contributed by atoms with Crippen LogP contribution in [0.4, 0.5) is 0 Å². The van der Waals surface area contributed by atoms with E-state index in [2.05, 4.69) is 5.73 Å². The van der Waals surface area contributed by atoms with E-state index in [-0.39, 0.29) is 5.96 Å². The van der Waals surface area contributed by atoms with Gasteiger partial charge in [-0.15, -0.1) is 0 Å². The van der Waals surface area contributed by atoms with Gasteiger partial charge in [0.05, 0.1) is 6.61 Å². The Hall–Kier alpha value is -1.97. The predicted molar refractivity (Wildman–Crippen MR) is 59.4 cm³/mol. The molecule has 0 aromatic rings. The number of nitrogens with one attached hydrogen (secondary N) is 2. The minimum absolute atomic E-state index is 0.322. The van der Waals surface area contributed by atoms with Crippen LogP contribution in [0.1, 0.15) is 0 Å². The number of guanidine groups is 1. The molecule has 110 valence electrons. The van der Waals surface area contributed by atoms with Crippen molar-refractivity contribution in [3.05, 3.63) is 0 Å². The van der Waals surface area contributed by atoms with E-state index in [9.17, 15) is 4.79 Å². The van der Waals surface area contributed by atoms with Gasteiger partial charge in [0.1, 0.15) is 18.3 Å². The Labute approximate surface area is 107 Å². The SMILES string of the molecule is N#CNC(=N)N.O=C(O)[C@H](O)[C@@H](O)[C@H](O)[C@H](O)CO. The van der Waals surface area contributed by atoms with Crippen molar-refractivity contribution in [2.45, 2.75) is 24.4 Å². The maximum Gasteiger partial charge on any atom is 0.335 e. The molecule has 0 aliphatic rings. The fourth-order valence-corrected chi connectivity index (χ4v) is 0.729. The van der Waals surface area contributed by atoms with Crippen LogP contribution >= 0.6 is 0 Å². The number of nitriles is 1. The Bertz CT molecular complexity index is 332. The molecule has 0 aliphatic heterocycles. The van der Waals surface area contributed by atoms with Crippen molar-refractivity contribution in [3.8, 4) is 6.19 Å². The first-order chi connectivity index (χ1) is 8.68. The largest absolute Gasteiger partial charge is 0.479 e. The molecule has 11 nitrogen and oxygen atoms in total. The van der Waals surface area contributed by atoms with Crippen molar-refractivity contribution < 1.29 is 35.4 Å². The Morgan fingerprint density at radius 2 is 1.79 bits per heavy atom. The summed E-state index contributed by atoms with van der Waals surface area (Å²) in [5.74, 6) is -2.05. The average molecular weight is 280 g/mol. The molecule has 4 atom stereocenters. The van der Waals surface area contributed by atoms with Gasteiger partial charge in [-0.3, -0.25) is 10.7 Å². The molecule has 0 saturated heterocycles. The molecule has 0 aromatic carbocycles. The van der Waals surface area contributed by atoms with E-state index >= 15 is 0 Å². The lowest BCUT2D eigenvalue weighted by Crippen LogP contribution is -2.48. The van der Waals surface area contributed by atoms with Crippen molar-refractivity contribution in [2.24, 2.45) is 5.73 Å². The number of nitrogens with two attached hydrogens (primary N) is 1. The van der Waals surface area contributed by atoms with Crippen molar-refractivity contribution in [3.63, 3.8) is 0 Å². The monoisotopic (exact) mass is 280 g/mol. The number of carboxylic acid groups (broad SMARTS) is 1. The van der Waals surface area contributed by atoms with E-state index in [0.29, 0.717) is 0 Å². The van der Waals surface area contributed by atoms with Gasteiger partial charge in [0.15, 0.2) is 18.3 Å². The lowest BCUT2D eigenvalue weighted by molar-refractivity contribution is -0.164. The lowest BCUT2D eigenvalue weighted by Gasteiger charge is -2.23. The first-order valence-electron chi connectivity index (χ1n) is 4.74. The van der Waals surface area contributed by atoms with Gasteiger partial charge in [-0.2, -0.15) is 5.26 Å². The summed E-state index contributed by atoms with van der Waals surface area (Å²) in [7, 11) is 0. The molecule has 0 spiro atoms. The van der Waals surface area contributed by atoms with Crippen LogP contribution in [0.2, 0.25) is 0 Å². The molecule has 0 heterocycles. The third kappa shape index (κ3) is 8.71. The molecule has 11 heteroatoms. The first kappa shape index (κ1) is 19.4. The zero-order valence-corrected chi connectivity index (χ0v) is 9.63. The van der Waals surface area contributed by atoms with Crippen LogP contribution in [0.3, 0.4) is 0 Å². The summed E-state index contributed by atoms with van der Waals surface area (Å²) in [5.41, 5.74) is 4.65. The van der Waals surface area contributed by atoms with Gasteiger partial charge in [-0.1, -0.05) is 0 Å². The number of aliphatic hydroxyl groups excluding tert-OH is 5. The van der Waals surface area contributed by atoms with E-state index < -0.39 is 37.0 Å². The Morgan fingerprint density at radius 1 is 1.32 bits per heavy atom. The average Bonchev–Trinajstić information content (AvgIpc) is 2.35. The summed E-state index contributed by atoms with van der Waals surface area (Å²) in [4.78, 5) is 10.1. The van der Waals surface area contributed by atoms with Gasteiger partial charge < -0.3 is 36.4 Å². The van der Waals surface area contributed by atoms with Crippen LogP contribution < -0.4 is 11.1 Å². The second-order valence-corrected chi connectivity index (χ2v) is 3.16. The third-order valence-electron chi connectivity index (χ3n) is 1.70. The van der Waals surface area contributed by atoms with Crippen LogP contribution in [-0.4, -0.2) is 73.6 Å². The van der Waals surface area contributed by atoms with E-state index in [4.69, 9.17) is 41.3 Å². The summed E-state index contributed by atoms with van der Waals surface area (Å²) in [6.45, 7) is -0.843. The molecule has 0 aromatic heterocycles. The number of carboxylic acids is 1. The van der Waals surface area contributed by atoms with Crippen LogP contribution in [0.5, 0.6) is 0 Å². The predicted octanol–water partition coefficient (Wildman–Crippen LogP) is -4.54. The minimum Gasteiger partial charge on any atom is -0.479 e. The molecule has 0 aliphatic carbocycles. The van der Waals surface area contributed by atoms with Crippen molar-refractivity contribution in [2.75, 3.05) is 6.61 Å². The summed E-state index contributed by atoms with van der Waals surface area (Å²) in [5, 5.41) is 67.7. The zero-order chi connectivity index (χ0) is 15.6. The molecule has 19 heavy (non-hydrogen) atoms. The molecule has 0 rings (SSSR count). The molecular weight excluding hydrogens is 264 g/mol. The van der Waals surface area contributed by atoms with E-state index in [1.807, 2.05) is 5.32 Å². The quantitative estimate of drug-likeness (QED) is 0.101. The normalized spacial score (nSPS) is 15.8.